The molecule has 6 heteroatoms. The lowest BCUT2D eigenvalue weighted by atomic mass is 10.00. The molecule has 3 rings (SSSR count). The van der Waals surface area contributed by atoms with Crippen LogP contribution in [0.1, 0.15) is 30.3 Å². The van der Waals surface area contributed by atoms with Crippen molar-refractivity contribution in [3.63, 3.8) is 0 Å². The standard InChI is InChI=1S/C17H19BrN4O/c1-12-4-3-9-22(11-12)16(23)15-7-8-19-17(21-15)20-14-6-2-5-13(18)10-14/h2,5-8,10,12H,3-4,9,11H2,1H3,(H,19,20,21). The number of rotatable bonds is 3. The fraction of sp³-hybridized carbons (Fsp3) is 0.353. The summed E-state index contributed by atoms with van der Waals surface area (Å²) in [5.41, 5.74) is 1.31. The van der Waals surface area contributed by atoms with Crippen molar-refractivity contribution in [3.8, 4) is 0 Å². The molecule has 0 radical (unpaired) electrons. The van der Waals surface area contributed by atoms with Gasteiger partial charge in [0.2, 0.25) is 5.95 Å². The van der Waals surface area contributed by atoms with Gasteiger partial charge in [-0.25, -0.2) is 9.97 Å². The second-order valence-corrected chi connectivity index (χ2v) is 6.82. The van der Waals surface area contributed by atoms with Crippen LogP contribution in [0.3, 0.4) is 0 Å². The van der Waals surface area contributed by atoms with Gasteiger partial charge in [0.05, 0.1) is 0 Å². The SMILES string of the molecule is CC1CCCN(C(=O)c2ccnc(Nc3cccc(Br)c3)n2)C1. The van der Waals surface area contributed by atoms with Crippen molar-refractivity contribution in [1.29, 1.82) is 0 Å². The van der Waals surface area contributed by atoms with Crippen LogP contribution < -0.4 is 5.32 Å². The second-order valence-electron chi connectivity index (χ2n) is 5.90. The van der Waals surface area contributed by atoms with Gasteiger partial charge < -0.3 is 10.2 Å². The van der Waals surface area contributed by atoms with Crippen LogP contribution in [0, 0.1) is 5.92 Å². The van der Waals surface area contributed by atoms with Crippen LogP contribution in [0.5, 0.6) is 0 Å². The highest BCUT2D eigenvalue weighted by Crippen LogP contribution is 2.20. The number of nitrogens with zero attached hydrogens (tertiary/aromatic N) is 3. The van der Waals surface area contributed by atoms with Gasteiger partial charge >= 0.3 is 0 Å². The minimum atomic E-state index is -0.0174. The van der Waals surface area contributed by atoms with Crippen LogP contribution in [0.15, 0.2) is 41.0 Å². The quantitative estimate of drug-likeness (QED) is 0.885. The Morgan fingerprint density at radius 2 is 2.26 bits per heavy atom. The Morgan fingerprint density at radius 3 is 3.04 bits per heavy atom. The fourth-order valence-electron chi connectivity index (χ4n) is 2.77. The number of anilines is 2. The maximum absolute atomic E-state index is 12.6. The normalized spacial score (nSPS) is 17.8. The largest absolute Gasteiger partial charge is 0.337 e. The zero-order valence-electron chi connectivity index (χ0n) is 13.0. The lowest BCUT2D eigenvalue weighted by Gasteiger charge is -2.30. The van der Waals surface area contributed by atoms with E-state index in [4.69, 9.17) is 0 Å². The molecule has 1 aliphatic rings. The Kier molecular flexibility index (Phi) is 4.91. The van der Waals surface area contributed by atoms with Crippen LogP contribution >= 0.6 is 15.9 Å². The maximum Gasteiger partial charge on any atom is 0.272 e. The number of hydrogen-bond donors (Lipinski definition) is 1. The second kappa shape index (κ2) is 7.08. The van der Waals surface area contributed by atoms with Crippen molar-refractivity contribution >= 4 is 33.5 Å². The predicted octanol–water partition coefficient (Wildman–Crippen LogP) is 3.85. The Labute approximate surface area is 144 Å². The van der Waals surface area contributed by atoms with Crippen molar-refractivity contribution in [3.05, 3.63) is 46.7 Å². The van der Waals surface area contributed by atoms with Crippen molar-refractivity contribution < 1.29 is 4.79 Å². The first kappa shape index (κ1) is 15.9. The van der Waals surface area contributed by atoms with Gasteiger partial charge in [0.25, 0.3) is 5.91 Å². The summed E-state index contributed by atoms with van der Waals surface area (Å²) < 4.78 is 0.969. The molecule has 1 saturated heterocycles. The molecule has 120 valence electrons. The molecule has 1 atom stereocenters. The molecule has 2 heterocycles. The van der Waals surface area contributed by atoms with Gasteiger partial charge in [-0.05, 0) is 43.0 Å². The highest BCUT2D eigenvalue weighted by atomic mass is 79.9. The molecule has 1 aliphatic heterocycles. The van der Waals surface area contributed by atoms with E-state index in [2.05, 4.69) is 38.1 Å². The molecule has 2 aromatic rings. The predicted molar refractivity (Wildman–Crippen MR) is 93.8 cm³/mol. The van der Waals surface area contributed by atoms with Gasteiger partial charge in [0, 0.05) is 29.4 Å². The molecule has 1 aromatic heterocycles. The number of piperidine rings is 1. The Balaban J connectivity index is 1.75. The number of amides is 1. The molecule has 5 nitrogen and oxygen atoms in total. The average Bonchev–Trinajstić information content (AvgIpc) is 2.54. The summed E-state index contributed by atoms with van der Waals surface area (Å²) in [4.78, 5) is 23.1. The van der Waals surface area contributed by atoms with Gasteiger partial charge in [-0.1, -0.05) is 28.9 Å². The van der Waals surface area contributed by atoms with Crippen LogP contribution in [0.2, 0.25) is 0 Å². The summed E-state index contributed by atoms with van der Waals surface area (Å²) in [7, 11) is 0. The topological polar surface area (TPSA) is 58.1 Å². The van der Waals surface area contributed by atoms with E-state index >= 15 is 0 Å². The fourth-order valence-corrected chi connectivity index (χ4v) is 3.17. The third kappa shape index (κ3) is 4.07. The van der Waals surface area contributed by atoms with E-state index in [0.717, 1.165) is 29.7 Å². The Morgan fingerprint density at radius 1 is 1.39 bits per heavy atom. The number of nitrogens with one attached hydrogen (secondary N) is 1. The molecular formula is C17H19BrN4O. The van der Waals surface area contributed by atoms with Gasteiger partial charge in [0.1, 0.15) is 5.69 Å². The van der Waals surface area contributed by atoms with Crippen molar-refractivity contribution in [1.82, 2.24) is 14.9 Å². The van der Waals surface area contributed by atoms with Gasteiger partial charge in [-0.15, -0.1) is 0 Å². The average molecular weight is 375 g/mol. The van der Waals surface area contributed by atoms with E-state index in [1.54, 1.807) is 12.3 Å². The van der Waals surface area contributed by atoms with Gasteiger partial charge in [0.15, 0.2) is 0 Å². The smallest absolute Gasteiger partial charge is 0.272 e. The molecule has 23 heavy (non-hydrogen) atoms. The number of likely N-dealkylation sites (tertiary alicyclic amines) is 1. The molecular weight excluding hydrogens is 356 g/mol. The number of carbonyl (C=O) groups excluding carboxylic acids is 1. The Hall–Kier alpha value is -1.95. The molecule has 0 saturated carbocycles. The minimum absolute atomic E-state index is 0.0174. The third-order valence-electron chi connectivity index (χ3n) is 3.90. The van der Waals surface area contributed by atoms with E-state index in [1.165, 1.54) is 6.42 Å². The molecule has 1 unspecified atom stereocenters. The van der Waals surface area contributed by atoms with Crippen LogP contribution in [-0.4, -0.2) is 33.9 Å². The van der Waals surface area contributed by atoms with Crippen LogP contribution in [-0.2, 0) is 0 Å². The summed E-state index contributed by atoms with van der Waals surface area (Å²) in [6, 6.07) is 9.41. The highest BCUT2D eigenvalue weighted by Gasteiger charge is 2.23. The van der Waals surface area contributed by atoms with Crippen molar-refractivity contribution in [2.45, 2.75) is 19.8 Å². The number of carbonyl (C=O) groups is 1. The van der Waals surface area contributed by atoms with E-state index in [9.17, 15) is 4.79 Å². The lowest BCUT2D eigenvalue weighted by molar-refractivity contribution is 0.0677. The number of benzene rings is 1. The van der Waals surface area contributed by atoms with Gasteiger partial charge in [-0.2, -0.15) is 0 Å². The summed E-state index contributed by atoms with van der Waals surface area (Å²) in [6.45, 7) is 3.79. The summed E-state index contributed by atoms with van der Waals surface area (Å²) in [5, 5.41) is 3.13. The molecule has 0 aliphatic carbocycles. The van der Waals surface area contributed by atoms with E-state index in [-0.39, 0.29) is 5.91 Å². The first-order valence-corrected chi connectivity index (χ1v) is 8.56. The monoisotopic (exact) mass is 374 g/mol. The summed E-state index contributed by atoms with van der Waals surface area (Å²) in [5.74, 6) is 0.962. The number of halogens is 1. The third-order valence-corrected chi connectivity index (χ3v) is 4.39. The zero-order chi connectivity index (χ0) is 16.2. The first-order chi connectivity index (χ1) is 11.1. The maximum atomic E-state index is 12.6. The van der Waals surface area contributed by atoms with E-state index < -0.39 is 0 Å². The molecule has 1 N–H and O–H groups in total. The highest BCUT2D eigenvalue weighted by molar-refractivity contribution is 9.10. The summed E-state index contributed by atoms with van der Waals surface area (Å²) in [6.07, 6.45) is 3.86. The summed E-state index contributed by atoms with van der Waals surface area (Å²) >= 11 is 3.43. The van der Waals surface area contributed by atoms with Gasteiger partial charge in [-0.3, -0.25) is 4.79 Å². The minimum Gasteiger partial charge on any atom is -0.337 e. The van der Waals surface area contributed by atoms with Crippen LogP contribution in [0.4, 0.5) is 11.6 Å². The Bertz CT molecular complexity index is 706. The molecule has 1 amide bonds. The number of aromatic nitrogens is 2. The molecule has 0 spiro atoms. The molecule has 1 aromatic carbocycles. The van der Waals surface area contributed by atoms with E-state index in [0.29, 0.717) is 17.6 Å². The zero-order valence-corrected chi connectivity index (χ0v) is 14.6. The van der Waals surface area contributed by atoms with E-state index in [1.807, 2.05) is 29.2 Å². The molecule has 1 fully saturated rings. The van der Waals surface area contributed by atoms with Crippen LogP contribution in [0.25, 0.3) is 0 Å². The first-order valence-electron chi connectivity index (χ1n) is 7.77. The number of hydrogen-bond acceptors (Lipinski definition) is 4. The molecule has 0 bridgehead atoms. The lowest BCUT2D eigenvalue weighted by Crippen LogP contribution is -2.39. The van der Waals surface area contributed by atoms with Crippen molar-refractivity contribution in [2.75, 3.05) is 18.4 Å². The van der Waals surface area contributed by atoms with Crippen molar-refractivity contribution in [2.24, 2.45) is 5.92 Å².